The maximum absolute atomic E-state index is 12.4. The quantitative estimate of drug-likeness (QED) is 0.0320. The molecule has 0 aromatic heterocycles. The maximum atomic E-state index is 12.4. The first-order valence-electron chi connectivity index (χ1n) is 34.9. The summed E-state index contributed by atoms with van der Waals surface area (Å²) >= 11 is 0. The van der Waals surface area contributed by atoms with Crippen molar-refractivity contribution < 1.29 is 24.5 Å². The predicted octanol–water partition coefficient (Wildman–Crippen LogP) is 22.5. The van der Waals surface area contributed by atoms with Crippen LogP contribution in [0.1, 0.15) is 373 Å². The van der Waals surface area contributed by atoms with Crippen LogP contribution in [0.5, 0.6) is 0 Å². The number of carbonyl (C=O) groups excluding carboxylic acids is 2. The van der Waals surface area contributed by atoms with E-state index in [9.17, 15) is 19.8 Å². The lowest BCUT2D eigenvalue weighted by Gasteiger charge is -2.20. The van der Waals surface area contributed by atoms with Gasteiger partial charge in [0.05, 0.1) is 25.4 Å². The van der Waals surface area contributed by atoms with Crippen molar-refractivity contribution in [3.8, 4) is 0 Å². The summed E-state index contributed by atoms with van der Waals surface area (Å²) < 4.78 is 5.50. The molecule has 2 atom stereocenters. The minimum Gasteiger partial charge on any atom is -0.466 e. The molecule has 0 fully saturated rings. The van der Waals surface area contributed by atoms with E-state index in [2.05, 4.69) is 55.6 Å². The third-order valence-electron chi connectivity index (χ3n) is 16.1. The minimum atomic E-state index is -0.843. The molecule has 6 nitrogen and oxygen atoms in total. The van der Waals surface area contributed by atoms with E-state index in [-0.39, 0.29) is 18.5 Å². The van der Waals surface area contributed by atoms with Crippen molar-refractivity contribution in [3.05, 3.63) is 48.6 Å². The highest BCUT2D eigenvalue weighted by Crippen LogP contribution is 2.18. The standard InChI is InChI=1S/C72H135NO5/c1-3-5-7-9-11-13-15-17-18-19-36-39-42-46-50-54-58-62-66-72(77)78-67-63-59-55-51-47-43-40-37-34-32-30-28-26-24-22-20-21-23-25-27-29-31-33-35-38-41-45-49-53-57-61-65-71(76)73-69(68-74)70(75)64-60-56-52-48-44-16-14-12-10-8-6-4-2/h18-19,22,24,28,30,60,64,69-70,74-75H,3-17,20-21,23,25-27,29,31-59,61-63,65-68H2,1-2H3,(H,73,76)/b19-18-,24-22-,30-28-,64-60+. The monoisotopic (exact) mass is 1090 g/mol. The molecule has 3 N–H and O–H groups in total. The lowest BCUT2D eigenvalue weighted by Crippen LogP contribution is -2.45. The maximum Gasteiger partial charge on any atom is 0.305 e. The third-order valence-corrected chi connectivity index (χ3v) is 16.1. The van der Waals surface area contributed by atoms with E-state index in [1.165, 1.54) is 295 Å². The fourth-order valence-electron chi connectivity index (χ4n) is 10.7. The summed E-state index contributed by atoms with van der Waals surface area (Å²) in [6, 6.07) is -0.627. The van der Waals surface area contributed by atoms with Crippen molar-refractivity contribution in [2.24, 2.45) is 0 Å². The topological polar surface area (TPSA) is 95.9 Å². The molecule has 0 aliphatic heterocycles. The van der Waals surface area contributed by atoms with Gasteiger partial charge < -0.3 is 20.3 Å². The van der Waals surface area contributed by atoms with Crippen LogP contribution in [0.4, 0.5) is 0 Å². The largest absolute Gasteiger partial charge is 0.466 e. The molecular formula is C72H135NO5. The van der Waals surface area contributed by atoms with Crippen LogP contribution in [0.15, 0.2) is 48.6 Å². The van der Waals surface area contributed by atoms with Gasteiger partial charge in [0.25, 0.3) is 0 Å². The number of aliphatic hydroxyl groups excluding tert-OH is 2. The summed E-state index contributed by atoms with van der Waals surface area (Å²) in [4.78, 5) is 24.5. The zero-order chi connectivity index (χ0) is 56.4. The van der Waals surface area contributed by atoms with Crippen molar-refractivity contribution in [2.45, 2.75) is 386 Å². The fraction of sp³-hybridized carbons (Fsp3) is 0.861. The Morgan fingerprint density at radius 2 is 0.641 bits per heavy atom. The average molecular weight is 1090 g/mol. The van der Waals surface area contributed by atoms with Gasteiger partial charge in [0, 0.05) is 12.8 Å². The van der Waals surface area contributed by atoms with Crippen LogP contribution in [0.2, 0.25) is 0 Å². The Hall–Kier alpha value is -2.18. The highest BCUT2D eigenvalue weighted by atomic mass is 16.5. The molecule has 0 aliphatic carbocycles. The van der Waals surface area contributed by atoms with Crippen LogP contribution < -0.4 is 5.32 Å². The molecule has 1 amide bonds. The SMILES string of the molecule is CCCCCCCCC/C=C\CCCCCCCCCC(=O)OCCCCCCCCCCC/C=C\C/C=C\CCCCCCCCCCCCCCCCCC(=O)NC(CO)C(O)/C=C/CCCCCCCCCCCC. The van der Waals surface area contributed by atoms with E-state index in [1.807, 2.05) is 6.08 Å². The van der Waals surface area contributed by atoms with Crippen LogP contribution in [-0.2, 0) is 14.3 Å². The Bertz CT molecular complexity index is 1310. The predicted molar refractivity (Wildman–Crippen MR) is 342 cm³/mol. The van der Waals surface area contributed by atoms with Gasteiger partial charge in [-0.15, -0.1) is 0 Å². The molecule has 0 bridgehead atoms. The molecule has 0 radical (unpaired) electrons. The van der Waals surface area contributed by atoms with Gasteiger partial charge in [-0.1, -0.05) is 319 Å². The van der Waals surface area contributed by atoms with E-state index >= 15 is 0 Å². The fourth-order valence-corrected chi connectivity index (χ4v) is 10.7. The third kappa shape index (κ3) is 63.0. The van der Waals surface area contributed by atoms with E-state index in [0.29, 0.717) is 19.4 Å². The number of aliphatic hydroxyl groups is 2. The number of hydrogen-bond acceptors (Lipinski definition) is 5. The molecule has 0 aliphatic rings. The normalized spacial score (nSPS) is 12.8. The van der Waals surface area contributed by atoms with Crippen LogP contribution in [0.3, 0.4) is 0 Å². The van der Waals surface area contributed by atoms with Crippen LogP contribution in [0, 0.1) is 0 Å². The first kappa shape index (κ1) is 75.8. The number of unbranched alkanes of at least 4 members (excludes halogenated alkanes) is 48. The van der Waals surface area contributed by atoms with Gasteiger partial charge in [-0.2, -0.15) is 0 Å². The average Bonchev–Trinajstić information content (AvgIpc) is 3.44. The number of ether oxygens (including phenoxy) is 1. The summed E-state index contributed by atoms with van der Waals surface area (Å²) in [5, 5.41) is 23.1. The van der Waals surface area contributed by atoms with Crippen LogP contribution in [-0.4, -0.2) is 47.4 Å². The van der Waals surface area contributed by atoms with Crippen LogP contribution in [0.25, 0.3) is 0 Å². The molecule has 0 saturated heterocycles. The number of esters is 1. The number of amides is 1. The van der Waals surface area contributed by atoms with Crippen molar-refractivity contribution in [3.63, 3.8) is 0 Å². The molecule has 0 saturated carbocycles. The molecule has 458 valence electrons. The zero-order valence-corrected chi connectivity index (χ0v) is 52.4. The molecule has 0 aromatic carbocycles. The Balaban J connectivity index is 3.39. The van der Waals surface area contributed by atoms with Crippen molar-refractivity contribution in [1.82, 2.24) is 5.32 Å². The Labute approximate surface area is 486 Å². The lowest BCUT2D eigenvalue weighted by molar-refractivity contribution is -0.143. The molecule has 6 heteroatoms. The number of hydrogen-bond donors (Lipinski definition) is 3. The Kier molecular flexibility index (Phi) is 65.4. The van der Waals surface area contributed by atoms with Gasteiger partial charge in [0.2, 0.25) is 5.91 Å². The van der Waals surface area contributed by atoms with E-state index < -0.39 is 12.1 Å². The molecule has 0 rings (SSSR count). The van der Waals surface area contributed by atoms with Gasteiger partial charge >= 0.3 is 5.97 Å². The van der Waals surface area contributed by atoms with E-state index in [1.54, 1.807) is 6.08 Å². The van der Waals surface area contributed by atoms with E-state index in [4.69, 9.17) is 4.74 Å². The van der Waals surface area contributed by atoms with Gasteiger partial charge in [-0.05, 0) is 89.9 Å². The number of allylic oxidation sites excluding steroid dienone is 7. The van der Waals surface area contributed by atoms with Gasteiger partial charge in [-0.25, -0.2) is 0 Å². The minimum absolute atomic E-state index is 0.0100. The summed E-state index contributed by atoms with van der Waals surface area (Å²) in [5.74, 6) is -0.0572. The molecule has 2 unspecified atom stereocenters. The summed E-state index contributed by atoms with van der Waals surface area (Å²) in [6.45, 7) is 4.91. The molecule has 0 heterocycles. The van der Waals surface area contributed by atoms with E-state index in [0.717, 1.165) is 51.4 Å². The second-order valence-corrected chi connectivity index (χ2v) is 23.9. The van der Waals surface area contributed by atoms with Gasteiger partial charge in [0.1, 0.15) is 0 Å². The van der Waals surface area contributed by atoms with Crippen molar-refractivity contribution in [2.75, 3.05) is 13.2 Å². The number of nitrogens with one attached hydrogen (secondary N) is 1. The number of carbonyl (C=O) groups is 2. The van der Waals surface area contributed by atoms with Gasteiger partial charge in [-0.3, -0.25) is 9.59 Å². The lowest BCUT2D eigenvalue weighted by atomic mass is 10.0. The second kappa shape index (κ2) is 67.3. The first-order chi connectivity index (χ1) is 38.5. The first-order valence-corrected chi connectivity index (χ1v) is 34.9. The Morgan fingerprint density at radius 3 is 0.987 bits per heavy atom. The zero-order valence-electron chi connectivity index (χ0n) is 52.4. The molecule has 78 heavy (non-hydrogen) atoms. The smallest absolute Gasteiger partial charge is 0.305 e. The summed E-state index contributed by atoms with van der Waals surface area (Å²) in [6.07, 6.45) is 87.6. The highest BCUT2D eigenvalue weighted by molar-refractivity contribution is 5.76. The molecule has 0 aromatic rings. The second-order valence-electron chi connectivity index (χ2n) is 23.9. The van der Waals surface area contributed by atoms with Crippen molar-refractivity contribution >= 4 is 11.9 Å². The molecular weight excluding hydrogens is 959 g/mol. The molecule has 0 spiro atoms. The van der Waals surface area contributed by atoms with Crippen LogP contribution >= 0.6 is 0 Å². The number of rotatable bonds is 65. The van der Waals surface area contributed by atoms with Gasteiger partial charge in [0.15, 0.2) is 0 Å². The Morgan fingerprint density at radius 1 is 0.359 bits per heavy atom. The summed E-state index contributed by atoms with van der Waals surface area (Å²) in [5.41, 5.74) is 0. The van der Waals surface area contributed by atoms with Crippen molar-refractivity contribution in [1.29, 1.82) is 0 Å². The summed E-state index contributed by atoms with van der Waals surface area (Å²) in [7, 11) is 0. The highest BCUT2D eigenvalue weighted by Gasteiger charge is 2.18.